The van der Waals surface area contributed by atoms with Crippen LogP contribution >= 0.6 is 0 Å². The Kier molecular flexibility index (Phi) is 9.10. The van der Waals surface area contributed by atoms with Crippen LogP contribution in [0.3, 0.4) is 0 Å². The van der Waals surface area contributed by atoms with Crippen molar-refractivity contribution in [2.24, 2.45) is 10.1 Å². The number of sulfonamides is 1. The third kappa shape index (κ3) is 7.66. The molecule has 0 aliphatic rings. The fraction of sp³-hybridized carbons (Fsp3) is 0.381. The molecule has 0 fully saturated rings. The summed E-state index contributed by atoms with van der Waals surface area (Å²) in [7, 11) is -2.10. The van der Waals surface area contributed by atoms with E-state index in [0.29, 0.717) is 38.8 Å². The van der Waals surface area contributed by atoms with E-state index in [1.54, 1.807) is 13.2 Å². The highest BCUT2D eigenvalue weighted by Gasteiger charge is 2.09. The smallest absolute Gasteiger partial charge is 0.238 e. The molecule has 2 aromatic carbocycles. The van der Waals surface area contributed by atoms with Gasteiger partial charge >= 0.3 is 0 Å². The van der Waals surface area contributed by atoms with Gasteiger partial charge in [-0.25, -0.2) is 18.5 Å². The number of ether oxygens (including phenoxy) is 2. The van der Waals surface area contributed by atoms with Crippen molar-refractivity contribution in [2.75, 3.05) is 26.9 Å². The Hall–Kier alpha value is -2.62. The van der Waals surface area contributed by atoms with Crippen molar-refractivity contribution in [3.05, 3.63) is 59.2 Å². The lowest BCUT2D eigenvalue weighted by molar-refractivity contribution is 0.145. The Morgan fingerprint density at radius 1 is 1.13 bits per heavy atom. The zero-order chi connectivity index (χ0) is 22.0. The summed E-state index contributed by atoms with van der Waals surface area (Å²) in [5, 5.41) is 11.7. The molecule has 9 heteroatoms. The number of aliphatic imine (C=N–C) groups is 1. The first-order valence-electron chi connectivity index (χ1n) is 9.68. The van der Waals surface area contributed by atoms with Crippen LogP contribution < -0.4 is 20.5 Å². The highest BCUT2D eigenvalue weighted by Crippen LogP contribution is 2.20. The number of guanidine groups is 1. The van der Waals surface area contributed by atoms with E-state index in [9.17, 15) is 8.42 Å². The quantitative estimate of drug-likeness (QED) is 0.299. The van der Waals surface area contributed by atoms with Crippen LogP contribution in [0.4, 0.5) is 0 Å². The number of nitrogens with two attached hydrogens (primary N) is 1. The number of methoxy groups -OCH3 is 1. The molecule has 0 amide bonds. The predicted molar refractivity (Wildman–Crippen MR) is 118 cm³/mol. The largest absolute Gasteiger partial charge is 0.491 e. The van der Waals surface area contributed by atoms with Crippen molar-refractivity contribution < 1.29 is 17.9 Å². The summed E-state index contributed by atoms with van der Waals surface area (Å²) in [5.74, 6) is 1.41. The van der Waals surface area contributed by atoms with E-state index in [2.05, 4.69) is 15.6 Å². The first-order valence-corrected chi connectivity index (χ1v) is 11.2. The van der Waals surface area contributed by atoms with Crippen molar-refractivity contribution in [3.8, 4) is 5.75 Å². The number of hydrogen-bond acceptors (Lipinski definition) is 5. The number of benzene rings is 2. The van der Waals surface area contributed by atoms with Crippen LogP contribution in [-0.2, 0) is 27.8 Å². The van der Waals surface area contributed by atoms with Crippen LogP contribution in [0, 0.1) is 6.92 Å². The van der Waals surface area contributed by atoms with Crippen molar-refractivity contribution in [3.63, 3.8) is 0 Å². The van der Waals surface area contributed by atoms with Crippen LogP contribution in [-0.4, -0.2) is 41.2 Å². The molecule has 8 nitrogen and oxygen atoms in total. The van der Waals surface area contributed by atoms with Crippen molar-refractivity contribution in [2.45, 2.75) is 31.8 Å². The van der Waals surface area contributed by atoms with E-state index in [0.717, 1.165) is 22.4 Å². The van der Waals surface area contributed by atoms with Gasteiger partial charge in [-0.1, -0.05) is 24.3 Å². The van der Waals surface area contributed by atoms with Crippen LogP contribution in [0.15, 0.2) is 52.4 Å². The van der Waals surface area contributed by atoms with E-state index < -0.39 is 10.0 Å². The summed E-state index contributed by atoms with van der Waals surface area (Å²) >= 11 is 0. The molecular weight excluding hydrogens is 404 g/mol. The van der Waals surface area contributed by atoms with Gasteiger partial charge < -0.3 is 20.1 Å². The molecule has 0 saturated heterocycles. The SMILES string of the molecule is CCNC(=NCc1cccc(S(N)(=O)=O)c1)NCc1ccc(C)cc1OCCOC. The number of rotatable bonds is 10. The molecule has 4 N–H and O–H groups in total. The summed E-state index contributed by atoms with van der Waals surface area (Å²) < 4.78 is 33.9. The number of hydrogen-bond donors (Lipinski definition) is 3. The Morgan fingerprint density at radius 3 is 2.63 bits per heavy atom. The highest BCUT2D eigenvalue weighted by molar-refractivity contribution is 7.89. The monoisotopic (exact) mass is 434 g/mol. The molecule has 2 rings (SSSR count). The van der Waals surface area contributed by atoms with Gasteiger partial charge in [-0.15, -0.1) is 0 Å². The summed E-state index contributed by atoms with van der Waals surface area (Å²) in [6, 6.07) is 12.5. The van der Waals surface area contributed by atoms with Crippen LogP contribution in [0.25, 0.3) is 0 Å². The first kappa shape index (κ1) is 23.7. The zero-order valence-electron chi connectivity index (χ0n) is 17.6. The van der Waals surface area contributed by atoms with E-state index in [-0.39, 0.29) is 4.90 Å². The van der Waals surface area contributed by atoms with E-state index in [1.807, 2.05) is 38.1 Å². The molecule has 0 saturated carbocycles. The molecule has 164 valence electrons. The molecule has 0 heterocycles. The Morgan fingerprint density at radius 2 is 1.93 bits per heavy atom. The third-order valence-electron chi connectivity index (χ3n) is 4.20. The minimum atomic E-state index is -3.74. The van der Waals surface area contributed by atoms with Crippen molar-refractivity contribution in [1.82, 2.24) is 10.6 Å². The summed E-state index contributed by atoms with van der Waals surface area (Å²) in [5.41, 5.74) is 2.86. The maximum Gasteiger partial charge on any atom is 0.238 e. The Labute approximate surface area is 178 Å². The Bertz CT molecular complexity index is 961. The van der Waals surface area contributed by atoms with Gasteiger partial charge in [-0.2, -0.15) is 0 Å². The maximum atomic E-state index is 11.5. The zero-order valence-corrected chi connectivity index (χ0v) is 18.5. The van der Waals surface area contributed by atoms with Gasteiger partial charge in [0.05, 0.1) is 18.0 Å². The molecule has 0 spiro atoms. The van der Waals surface area contributed by atoms with E-state index in [1.165, 1.54) is 12.1 Å². The molecule has 0 atom stereocenters. The number of nitrogens with zero attached hydrogens (tertiary/aromatic N) is 1. The van der Waals surface area contributed by atoms with Gasteiger partial charge in [0.1, 0.15) is 12.4 Å². The number of nitrogens with one attached hydrogen (secondary N) is 2. The maximum absolute atomic E-state index is 11.5. The van der Waals surface area contributed by atoms with Gasteiger partial charge in [0, 0.05) is 25.8 Å². The van der Waals surface area contributed by atoms with Crippen molar-refractivity contribution in [1.29, 1.82) is 0 Å². The molecule has 0 aromatic heterocycles. The average Bonchev–Trinajstić information content (AvgIpc) is 2.71. The van der Waals surface area contributed by atoms with Gasteiger partial charge in [0.2, 0.25) is 10.0 Å². The minimum absolute atomic E-state index is 0.0747. The number of primary sulfonamides is 1. The molecule has 0 aliphatic carbocycles. The average molecular weight is 435 g/mol. The predicted octanol–water partition coefficient (Wildman–Crippen LogP) is 1.92. The summed E-state index contributed by atoms with van der Waals surface area (Å²) in [6.07, 6.45) is 0. The standard InChI is InChI=1S/C21H30N4O4S/c1-4-23-21(24-14-17-6-5-7-19(13-17)30(22,26)27)25-15-18-9-8-16(2)12-20(18)29-11-10-28-3/h5-9,12-13H,4,10-11,14-15H2,1-3H3,(H2,22,26,27)(H2,23,24,25). The third-order valence-corrected chi connectivity index (χ3v) is 5.12. The van der Waals surface area contributed by atoms with Gasteiger partial charge in [-0.3, -0.25) is 0 Å². The lowest BCUT2D eigenvalue weighted by Gasteiger charge is -2.15. The highest BCUT2D eigenvalue weighted by atomic mass is 32.2. The molecule has 0 aliphatic heterocycles. The fourth-order valence-electron chi connectivity index (χ4n) is 2.69. The van der Waals surface area contributed by atoms with Crippen LogP contribution in [0.1, 0.15) is 23.6 Å². The van der Waals surface area contributed by atoms with Crippen LogP contribution in [0.2, 0.25) is 0 Å². The number of aryl methyl sites for hydroxylation is 1. The molecule has 2 aromatic rings. The summed E-state index contributed by atoms with van der Waals surface area (Å²) in [4.78, 5) is 4.62. The summed E-state index contributed by atoms with van der Waals surface area (Å²) in [6.45, 7) is 6.50. The van der Waals surface area contributed by atoms with Gasteiger partial charge in [0.15, 0.2) is 5.96 Å². The second-order valence-electron chi connectivity index (χ2n) is 6.69. The van der Waals surface area contributed by atoms with Gasteiger partial charge in [-0.05, 0) is 43.2 Å². The van der Waals surface area contributed by atoms with Gasteiger partial charge in [0.25, 0.3) is 0 Å². The first-order chi connectivity index (χ1) is 14.3. The lowest BCUT2D eigenvalue weighted by Crippen LogP contribution is -2.36. The lowest BCUT2D eigenvalue weighted by atomic mass is 10.1. The Balaban J connectivity index is 2.09. The van der Waals surface area contributed by atoms with E-state index >= 15 is 0 Å². The minimum Gasteiger partial charge on any atom is -0.491 e. The van der Waals surface area contributed by atoms with Crippen LogP contribution in [0.5, 0.6) is 5.75 Å². The molecule has 0 bridgehead atoms. The second-order valence-corrected chi connectivity index (χ2v) is 8.25. The fourth-order valence-corrected chi connectivity index (χ4v) is 3.27. The van der Waals surface area contributed by atoms with Crippen molar-refractivity contribution >= 4 is 16.0 Å². The normalized spacial score (nSPS) is 11.9. The molecule has 0 unspecified atom stereocenters. The molecule has 30 heavy (non-hydrogen) atoms. The molecule has 0 radical (unpaired) electrons. The molecular formula is C21H30N4O4S. The van der Waals surface area contributed by atoms with E-state index in [4.69, 9.17) is 14.6 Å². The topological polar surface area (TPSA) is 115 Å². The second kappa shape index (κ2) is 11.5.